The molecule has 0 fully saturated rings. The Bertz CT molecular complexity index is 287. The zero-order valence-electron chi connectivity index (χ0n) is 8.94. The van der Waals surface area contributed by atoms with Crippen LogP contribution in [0.2, 0.25) is 0 Å². The molecule has 0 heterocycles. The molecule has 0 saturated carbocycles. The van der Waals surface area contributed by atoms with Crippen LogP contribution in [-0.4, -0.2) is 11.7 Å². The summed E-state index contributed by atoms with van der Waals surface area (Å²) in [5, 5.41) is 8.95. The van der Waals surface area contributed by atoms with E-state index < -0.39 is 0 Å². The van der Waals surface area contributed by atoms with E-state index in [1.165, 1.54) is 27.8 Å². The maximum atomic E-state index is 8.95. The first-order valence-corrected chi connectivity index (χ1v) is 4.75. The SMILES string of the molecule is Cc1cc(C)c(C)c(CCO)c1C. The average molecular weight is 178 g/mol. The van der Waals surface area contributed by atoms with Crippen LogP contribution in [0.5, 0.6) is 0 Å². The third-order valence-electron chi connectivity index (χ3n) is 2.88. The first kappa shape index (κ1) is 10.3. The molecule has 0 radical (unpaired) electrons. The van der Waals surface area contributed by atoms with Crippen LogP contribution in [0.25, 0.3) is 0 Å². The fourth-order valence-electron chi connectivity index (χ4n) is 1.79. The molecular formula is C12H18O. The Hall–Kier alpha value is -0.820. The largest absolute Gasteiger partial charge is 0.396 e. The van der Waals surface area contributed by atoms with Gasteiger partial charge in [0, 0.05) is 6.61 Å². The van der Waals surface area contributed by atoms with Gasteiger partial charge in [-0.25, -0.2) is 0 Å². The van der Waals surface area contributed by atoms with Crippen LogP contribution in [0.15, 0.2) is 6.07 Å². The Balaban J connectivity index is 3.28. The number of benzene rings is 1. The molecule has 1 aromatic rings. The maximum Gasteiger partial charge on any atom is 0.0471 e. The number of aryl methyl sites for hydroxylation is 2. The Morgan fingerprint density at radius 2 is 1.46 bits per heavy atom. The Morgan fingerprint density at radius 1 is 1.00 bits per heavy atom. The van der Waals surface area contributed by atoms with Crippen molar-refractivity contribution in [1.82, 2.24) is 0 Å². The Kier molecular flexibility index (Phi) is 3.10. The van der Waals surface area contributed by atoms with Gasteiger partial charge in [0.15, 0.2) is 0 Å². The summed E-state index contributed by atoms with van der Waals surface area (Å²) in [5.74, 6) is 0. The Morgan fingerprint density at radius 3 is 1.85 bits per heavy atom. The monoisotopic (exact) mass is 178 g/mol. The minimum atomic E-state index is 0.241. The van der Waals surface area contributed by atoms with Crippen molar-refractivity contribution >= 4 is 0 Å². The molecule has 13 heavy (non-hydrogen) atoms. The van der Waals surface area contributed by atoms with E-state index in [2.05, 4.69) is 33.8 Å². The lowest BCUT2D eigenvalue weighted by Gasteiger charge is -2.14. The number of aliphatic hydroxyl groups excluding tert-OH is 1. The summed E-state index contributed by atoms with van der Waals surface area (Å²) in [7, 11) is 0. The molecule has 72 valence electrons. The van der Waals surface area contributed by atoms with Crippen molar-refractivity contribution in [2.75, 3.05) is 6.61 Å². The van der Waals surface area contributed by atoms with Gasteiger partial charge in [0.05, 0.1) is 0 Å². The van der Waals surface area contributed by atoms with Gasteiger partial charge in [-0.15, -0.1) is 0 Å². The zero-order valence-corrected chi connectivity index (χ0v) is 8.94. The molecule has 1 N–H and O–H groups in total. The summed E-state index contributed by atoms with van der Waals surface area (Å²) >= 11 is 0. The van der Waals surface area contributed by atoms with E-state index in [0.29, 0.717) is 0 Å². The molecule has 1 nitrogen and oxygen atoms in total. The molecule has 1 heteroatoms. The van der Waals surface area contributed by atoms with E-state index in [4.69, 9.17) is 5.11 Å². The maximum absolute atomic E-state index is 8.95. The molecule has 0 atom stereocenters. The van der Waals surface area contributed by atoms with E-state index in [9.17, 15) is 0 Å². The fourth-order valence-corrected chi connectivity index (χ4v) is 1.79. The van der Waals surface area contributed by atoms with Crippen LogP contribution >= 0.6 is 0 Å². The average Bonchev–Trinajstić information content (AvgIpc) is 2.09. The van der Waals surface area contributed by atoms with Gasteiger partial charge in [-0.1, -0.05) is 6.07 Å². The molecule has 0 bridgehead atoms. The summed E-state index contributed by atoms with van der Waals surface area (Å²) in [5.41, 5.74) is 6.63. The predicted molar refractivity (Wildman–Crippen MR) is 56.2 cm³/mol. The number of aliphatic hydroxyl groups is 1. The molecule has 0 saturated heterocycles. The van der Waals surface area contributed by atoms with Gasteiger partial charge in [0.25, 0.3) is 0 Å². The van der Waals surface area contributed by atoms with Crippen LogP contribution in [0.4, 0.5) is 0 Å². The fraction of sp³-hybridized carbons (Fsp3) is 0.500. The van der Waals surface area contributed by atoms with Gasteiger partial charge in [0.2, 0.25) is 0 Å². The number of hydrogen-bond donors (Lipinski definition) is 1. The molecule has 0 spiro atoms. The Labute approximate surface area is 80.4 Å². The van der Waals surface area contributed by atoms with Crippen molar-refractivity contribution in [1.29, 1.82) is 0 Å². The minimum absolute atomic E-state index is 0.241. The summed E-state index contributed by atoms with van der Waals surface area (Å²) < 4.78 is 0. The molecule has 1 rings (SSSR count). The highest BCUT2D eigenvalue weighted by Gasteiger charge is 2.06. The van der Waals surface area contributed by atoms with E-state index in [-0.39, 0.29) is 6.61 Å². The number of rotatable bonds is 2. The van der Waals surface area contributed by atoms with Gasteiger partial charge in [0.1, 0.15) is 0 Å². The van der Waals surface area contributed by atoms with Gasteiger partial charge in [-0.2, -0.15) is 0 Å². The second-order valence-corrected chi connectivity index (χ2v) is 3.71. The lowest BCUT2D eigenvalue weighted by molar-refractivity contribution is 0.299. The van der Waals surface area contributed by atoms with E-state index in [1.807, 2.05) is 0 Å². The molecule has 0 aliphatic heterocycles. The lowest BCUT2D eigenvalue weighted by Crippen LogP contribution is -2.01. The van der Waals surface area contributed by atoms with Crippen molar-refractivity contribution < 1.29 is 5.11 Å². The normalized spacial score (nSPS) is 10.5. The van der Waals surface area contributed by atoms with Crippen LogP contribution in [-0.2, 0) is 6.42 Å². The highest BCUT2D eigenvalue weighted by molar-refractivity contribution is 5.43. The number of hydrogen-bond acceptors (Lipinski definition) is 1. The van der Waals surface area contributed by atoms with Crippen molar-refractivity contribution in [3.8, 4) is 0 Å². The van der Waals surface area contributed by atoms with E-state index in [0.717, 1.165) is 6.42 Å². The molecule has 0 amide bonds. The summed E-state index contributed by atoms with van der Waals surface area (Å²) in [4.78, 5) is 0. The van der Waals surface area contributed by atoms with Gasteiger partial charge >= 0.3 is 0 Å². The van der Waals surface area contributed by atoms with Gasteiger partial charge in [-0.05, 0) is 61.9 Å². The van der Waals surface area contributed by atoms with Crippen LogP contribution in [0.3, 0.4) is 0 Å². The molecule has 0 aromatic heterocycles. The predicted octanol–water partition coefficient (Wildman–Crippen LogP) is 2.46. The molecule has 0 aliphatic rings. The summed E-state index contributed by atoms with van der Waals surface area (Å²) in [6, 6.07) is 2.21. The lowest BCUT2D eigenvalue weighted by atomic mass is 9.93. The molecular weight excluding hydrogens is 160 g/mol. The van der Waals surface area contributed by atoms with Crippen molar-refractivity contribution in [2.45, 2.75) is 34.1 Å². The van der Waals surface area contributed by atoms with Gasteiger partial charge < -0.3 is 5.11 Å². The van der Waals surface area contributed by atoms with Crippen molar-refractivity contribution in [3.05, 3.63) is 33.9 Å². The first-order chi connectivity index (χ1) is 6.07. The van der Waals surface area contributed by atoms with E-state index >= 15 is 0 Å². The highest BCUT2D eigenvalue weighted by atomic mass is 16.2. The third-order valence-corrected chi connectivity index (χ3v) is 2.88. The van der Waals surface area contributed by atoms with E-state index in [1.54, 1.807) is 0 Å². The zero-order chi connectivity index (χ0) is 10.0. The van der Waals surface area contributed by atoms with Crippen molar-refractivity contribution in [2.24, 2.45) is 0 Å². The van der Waals surface area contributed by atoms with Crippen LogP contribution < -0.4 is 0 Å². The first-order valence-electron chi connectivity index (χ1n) is 4.75. The van der Waals surface area contributed by atoms with Crippen LogP contribution in [0, 0.1) is 27.7 Å². The quantitative estimate of drug-likeness (QED) is 0.737. The standard InChI is InChI=1S/C12H18O/c1-8-7-9(2)11(4)12(5-6-13)10(8)3/h7,13H,5-6H2,1-4H3. The second-order valence-electron chi connectivity index (χ2n) is 3.71. The molecule has 0 aliphatic carbocycles. The molecule has 0 unspecified atom stereocenters. The van der Waals surface area contributed by atoms with Gasteiger partial charge in [-0.3, -0.25) is 0 Å². The third kappa shape index (κ3) is 1.92. The smallest absolute Gasteiger partial charge is 0.0471 e. The van der Waals surface area contributed by atoms with Crippen molar-refractivity contribution in [3.63, 3.8) is 0 Å². The minimum Gasteiger partial charge on any atom is -0.396 e. The summed E-state index contributed by atoms with van der Waals surface area (Å²) in [6.07, 6.45) is 0.778. The second kappa shape index (κ2) is 3.93. The topological polar surface area (TPSA) is 20.2 Å². The highest BCUT2D eigenvalue weighted by Crippen LogP contribution is 2.21. The molecule has 1 aromatic carbocycles. The van der Waals surface area contributed by atoms with Crippen LogP contribution in [0.1, 0.15) is 27.8 Å². The summed E-state index contributed by atoms with van der Waals surface area (Å²) in [6.45, 7) is 8.76.